The van der Waals surface area contributed by atoms with Crippen molar-refractivity contribution < 1.29 is 4.79 Å². The van der Waals surface area contributed by atoms with E-state index in [9.17, 15) is 4.79 Å². The molecule has 0 aromatic heterocycles. The Bertz CT molecular complexity index is 498. The smallest absolute Gasteiger partial charge is 0.236 e. The Hall–Kier alpha value is -1.61. The van der Waals surface area contributed by atoms with E-state index >= 15 is 0 Å². The van der Waals surface area contributed by atoms with Crippen molar-refractivity contribution in [3.8, 4) is 0 Å². The van der Waals surface area contributed by atoms with Gasteiger partial charge < -0.3 is 4.90 Å². The monoisotopic (exact) mass is 331 g/mol. The molecule has 0 bridgehead atoms. The Labute approximate surface area is 128 Å². The van der Waals surface area contributed by atoms with Gasteiger partial charge in [-0.05, 0) is 18.1 Å². The average Bonchev–Trinajstić information content (AvgIpc) is 2.48. The Morgan fingerprint density at radius 2 is 1.35 bits per heavy atom. The number of hydrogen-bond donors (Lipinski definition) is 0. The van der Waals surface area contributed by atoms with Gasteiger partial charge in [0.05, 0.1) is 4.83 Å². The molecule has 2 aromatic carbocycles. The van der Waals surface area contributed by atoms with Crippen molar-refractivity contribution in [2.75, 3.05) is 0 Å². The van der Waals surface area contributed by atoms with Gasteiger partial charge in [0.1, 0.15) is 0 Å². The lowest BCUT2D eigenvalue weighted by Gasteiger charge is -2.24. The molecular formula is C17H18BrNO. The number of rotatable bonds is 5. The molecule has 1 amide bonds. The molecule has 0 saturated carbocycles. The van der Waals surface area contributed by atoms with Crippen molar-refractivity contribution in [3.05, 3.63) is 71.8 Å². The van der Waals surface area contributed by atoms with Crippen LogP contribution in [0, 0.1) is 0 Å². The normalized spacial score (nSPS) is 11.9. The van der Waals surface area contributed by atoms with Crippen molar-refractivity contribution in [2.24, 2.45) is 0 Å². The standard InChI is InChI=1S/C17H18BrNO/c1-14(18)17(20)19(12-15-8-4-2-5-9-15)13-16-10-6-3-7-11-16/h2-11,14H,12-13H2,1H3. The van der Waals surface area contributed by atoms with Crippen LogP contribution in [0.25, 0.3) is 0 Å². The van der Waals surface area contributed by atoms with Crippen molar-refractivity contribution in [1.82, 2.24) is 4.90 Å². The third-order valence-corrected chi connectivity index (χ3v) is 3.48. The van der Waals surface area contributed by atoms with Crippen molar-refractivity contribution in [2.45, 2.75) is 24.8 Å². The Morgan fingerprint density at radius 3 is 1.70 bits per heavy atom. The van der Waals surface area contributed by atoms with Gasteiger partial charge in [-0.25, -0.2) is 0 Å². The maximum absolute atomic E-state index is 12.3. The number of amides is 1. The highest BCUT2D eigenvalue weighted by Crippen LogP contribution is 2.14. The van der Waals surface area contributed by atoms with Crippen LogP contribution in [-0.2, 0) is 17.9 Å². The van der Waals surface area contributed by atoms with Gasteiger partial charge in [-0.2, -0.15) is 0 Å². The molecule has 0 aliphatic carbocycles. The lowest BCUT2D eigenvalue weighted by atomic mass is 10.1. The maximum Gasteiger partial charge on any atom is 0.236 e. The minimum atomic E-state index is -0.171. The molecule has 20 heavy (non-hydrogen) atoms. The summed E-state index contributed by atoms with van der Waals surface area (Å²) >= 11 is 3.38. The first kappa shape index (κ1) is 14.8. The third-order valence-electron chi connectivity index (χ3n) is 3.08. The second-order valence-corrected chi connectivity index (χ2v) is 6.16. The maximum atomic E-state index is 12.3. The fraction of sp³-hybridized carbons (Fsp3) is 0.235. The van der Waals surface area contributed by atoms with Crippen LogP contribution >= 0.6 is 15.9 Å². The summed E-state index contributed by atoms with van der Waals surface area (Å²) < 4.78 is 0. The van der Waals surface area contributed by atoms with Gasteiger partial charge in [-0.3, -0.25) is 4.79 Å². The molecule has 0 fully saturated rings. The number of halogens is 1. The van der Waals surface area contributed by atoms with E-state index in [4.69, 9.17) is 0 Å². The quantitative estimate of drug-likeness (QED) is 0.758. The molecule has 0 N–H and O–H groups in total. The van der Waals surface area contributed by atoms with E-state index in [0.29, 0.717) is 13.1 Å². The van der Waals surface area contributed by atoms with Crippen LogP contribution in [0.2, 0.25) is 0 Å². The number of benzene rings is 2. The van der Waals surface area contributed by atoms with Crippen LogP contribution in [0.3, 0.4) is 0 Å². The zero-order valence-corrected chi connectivity index (χ0v) is 13.1. The van der Waals surface area contributed by atoms with Crippen LogP contribution in [-0.4, -0.2) is 15.6 Å². The molecule has 1 atom stereocenters. The molecule has 2 aromatic rings. The van der Waals surface area contributed by atoms with Gasteiger partial charge in [-0.15, -0.1) is 0 Å². The Morgan fingerprint density at radius 1 is 0.950 bits per heavy atom. The average molecular weight is 332 g/mol. The van der Waals surface area contributed by atoms with Crippen LogP contribution in [0.5, 0.6) is 0 Å². The zero-order chi connectivity index (χ0) is 14.4. The van der Waals surface area contributed by atoms with E-state index in [0.717, 1.165) is 11.1 Å². The first-order valence-corrected chi connectivity index (χ1v) is 7.59. The number of nitrogens with zero attached hydrogens (tertiary/aromatic N) is 1. The highest BCUT2D eigenvalue weighted by atomic mass is 79.9. The van der Waals surface area contributed by atoms with E-state index in [1.807, 2.05) is 72.5 Å². The fourth-order valence-electron chi connectivity index (χ4n) is 2.07. The summed E-state index contributed by atoms with van der Waals surface area (Å²) in [5.74, 6) is 0.109. The van der Waals surface area contributed by atoms with Crippen LogP contribution < -0.4 is 0 Å². The van der Waals surface area contributed by atoms with E-state index in [1.165, 1.54) is 0 Å². The zero-order valence-electron chi connectivity index (χ0n) is 11.5. The lowest BCUT2D eigenvalue weighted by molar-refractivity contribution is -0.131. The van der Waals surface area contributed by atoms with Crippen molar-refractivity contribution in [3.63, 3.8) is 0 Å². The highest BCUT2D eigenvalue weighted by Gasteiger charge is 2.18. The summed E-state index contributed by atoms with van der Waals surface area (Å²) in [6.45, 7) is 3.13. The molecule has 0 aliphatic heterocycles. The summed E-state index contributed by atoms with van der Waals surface area (Å²) in [6.07, 6.45) is 0. The minimum absolute atomic E-state index is 0.109. The third kappa shape index (κ3) is 4.20. The predicted octanol–water partition coefficient (Wildman–Crippen LogP) is 4.00. The summed E-state index contributed by atoms with van der Waals surface area (Å²) in [5.41, 5.74) is 2.29. The molecule has 2 nitrogen and oxygen atoms in total. The topological polar surface area (TPSA) is 20.3 Å². The summed E-state index contributed by atoms with van der Waals surface area (Å²) in [4.78, 5) is 14.0. The lowest BCUT2D eigenvalue weighted by Crippen LogP contribution is -2.34. The molecular weight excluding hydrogens is 314 g/mol. The van der Waals surface area contributed by atoms with E-state index in [2.05, 4.69) is 15.9 Å². The molecule has 1 unspecified atom stereocenters. The van der Waals surface area contributed by atoms with Gasteiger partial charge in [0.2, 0.25) is 5.91 Å². The molecule has 0 saturated heterocycles. The summed E-state index contributed by atoms with van der Waals surface area (Å²) in [6, 6.07) is 20.1. The molecule has 0 radical (unpaired) electrons. The number of carbonyl (C=O) groups is 1. The molecule has 0 aliphatic rings. The minimum Gasteiger partial charge on any atom is -0.333 e. The van der Waals surface area contributed by atoms with Crippen LogP contribution in [0.15, 0.2) is 60.7 Å². The molecule has 0 spiro atoms. The van der Waals surface area contributed by atoms with Crippen LogP contribution in [0.4, 0.5) is 0 Å². The Kier molecular flexibility index (Phi) is 5.36. The van der Waals surface area contributed by atoms with Gasteiger partial charge in [0, 0.05) is 13.1 Å². The number of alkyl halides is 1. The number of carbonyl (C=O) groups excluding carboxylic acids is 1. The van der Waals surface area contributed by atoms with Gasteiger partial charge >= 0.3 is 0 Å². The first-order chi connectivity index (χ1) is 9.66. The second-order valence-electron chi connectivity index (χ2n) is 4.78. The van der Waals surface area contributed by atoms with Gasteiger partial charge in [0.15, 0.2) is 0 Å². The van der Waals surface area contributed by atoms with E-state index in [-0.39, 0.29) is 10.7 Å². The number of hydrogen-bond acceptors (Lipinski definition) is 1. The largest absolute Gasteiger partial charge is 0.333 e. The van der Waals surface area contributed by atoms with E-state index < -0.39 is 0 Å². The van der Waals surface area contributed by atoms with Crippen molar-refractivity contribution in [1.29, 1.82) is 0 Å². The second kappa shape index (κ2) is 7.25. The predicted molar refractivity (Wildman–Crippen MR) is 85.5 cm³/mol. The molecule has 0 heterocycles. The van der Waals surface area contributed by atoms with Crippen molar-refractivity contribution >= 4 is 21.8 Å². The van der Waals surface area contributed by atoms with E-state index in [1.54, 1.807) is 0 Å². The Balaban J connectivity index is 2.15. The molecule has 2 rings (SSSR count). The van der Waals surface area contributed by atoms with Crippen LogP contribution in [0.1, 0.15) is 18.1 Å². The molecule has 3 heteroatoms. The highest BCUT2D eigenvalue weighted by molar-refractivity contribution is 9.10. The SMILES string of the molecule is CC(Br)C(=O)N(Cc1ccccc1)Cc1ccccc1. The summed E-state index contributed by atoms with van der Waals surface area (Å²) in [5, 5.41) is 0. The summed E-state index contributed by atoms with van der Waals surface area (Å²) in [7, 11) is 0. The van der Waals surface area contributed by atoms with Gasteiger partial charge in [-0.1, -0.05) is 76.6 Å². The first-order valence-electron chi connectivity index (χ1n) is 6.67. The van der Waals surface area contributed by atoms with Gasteiger partial charge in [0.25, 0.3) is 0 Å². The molecule has 104 valence electrons. The fourth-order valence-corrected chi connectivity index (χ4v) is 2.36.